The summed E-state index contributed by atoms with van der Waals surface area (Å²) in [6.45, 7) is 5.45. The van der Waals surface area contributed by atoms with Crippen molar-refractivity contribution >= 4 is 35.1 Å². The van der Waals surface area contributed by atoms with E-state index in [2.05, 4.69) is 0 Å². The number of ether oxygens (including phenoxy) is 3. The summed E-state index contributed by atoms with van der Waals surface area (Å²) >= 11 is 12.8. The topological polar surface area (TPSA) is 115 Å². The Labute approximate surface area is 201 Å². The molecule has 0 saturated carbocycles. The molecule has 1 aromatic carbocycles. The van der Waals surface area contributed by atoms with Crippen LogP contribution >= 0.6 is 23.2 Å². The van der Waals surface area contributed by atoms with Crippen molar-refractivity contribution in [3.63, 3.8) is 0 Å². The third-order valence-electron chi connectivity index (χ3n) is 5.88. The van der Waals surface area contributed by atoms with E-state index in [9.17, 15) is 14.9 Å². The van der Waals surface area contributed by atoms with Gasteiger partial charge in [0.05, 0.1) is 24.2 Å². The molecule has 1 amide bonds. The molecular weight excluding hydrogens is 469 g/mol. The van der Waals surface area contributed by atoms with Gasteiger partial charge < -0.3 is 24.8 Å². The van der Waals surface area contributed by atoms with Crippen LogP contribution in [0.5, 0.6) is 5.75 Å². The van der Waals surface area contributed by atoms with Gasteiger partial charge in [0.2, 0.25) is 5.88 Å². The van der Waals surface area contributed by atoms with E-state index in [4.69, 9.17) is 43.1 Å². The summed E-state index contributed by atoms with van der Waals surface area (Å²) in [4.78, 5) is 27.6. The second-order valence-electron chi connectivity index (χ2n) is 8.98. The van der Waals surface area contributed by atoms with Gasteiger partial charge in [-0.1, -0.05) is 37.0 Å². The van der Waals surface area contributed by atoms with E-state index in [0.29, 0.717) is 49.6 Å². The van der Waals surface area contributed by atoms with Gasteiger partial charge in [0.25, 0.3) is 0 Å². The lowest BCUT2D eigenvalue weighted by Crippen LogP contribution is -2.42. The summed E-state index contributed by atoms with van der Waals surface area (Å²) in [6.07, 6.45) is 0.111. The highest BCUT2D eigenvalue weighted by atomic mass is 35.5. The second kappa shape index (κ2) is 8.90. The fraction of sp³-hybridized carbons (Fsp3) is 0.435. The number of amides is 1. The molecule has 33 heavy (non-hydrogen) atoms. The number of hydrogen-bond acceptors (Lipinski definition) is 7. The normalized spacial score (nSPS) is 22.5. The molecule has 0 spiro atoms. The first-order valence-corrected chi connectivity index (χ1v) is 11.2. The molecule has 1 aliphatic carbocycles. The summed E-state index contributed by atoms with van der Waals surface area (Å²) in [7, 11) is 0. The van der Waals surface area contributed by atoms with Crippen molar-refractivity contribution in [2.24, 2.45) is 11.1 Å². The number of ketones is 1. The summed E-state index contributed by atoms with van der Waals surface area (Å²) in [5.41, 5.74) is 6.41. The molecule has 1 unspecified atom stereocenters. The first-order valence-electron chi connectivity index (χ1n) is 10.5. The molecule has 1 saturated heterocycles. The number of carbonyl (C=O) groups excluding carboxylic acids is 2. The first kappa shape index (κ1) is 23.4. The van der Waals surface area contributed by atoms with Gasteiger partial charge in [-0.25, -0.2) is 4.79 Å². The maximum Gasteiger partial charge on any atom is 0.415 e. The predicted octanol–water partition coefficient (Wildman–Crippen LogP) is 4.28. The van der Waals surface area contributed by atoms with E-state index in [0.717, 1.165) is 0 Å². The van der Waals surface area contributed by atoms with Crippen molar-refractivity contribution in [1.29, 1.82) is 5.26 Å². The van der Waals surface area contributed by atoms with Crippen LogP contribution in [0.25, 0.3) is 0 Å². The minimum absolute atomic E-state index is 0.0227. The molecule has 10 heteroatoms. The zero-order valence-corrected chi connectivity index (χ0v) is 19.8. The third-order valence-corrected chi connectivity index (χ3v) is 6.38. The molecule has 1 aromatic rings. The minimum Gasteiger partial charge on any atom is -0.444 e. The highest BCUT2D eigenvalue weighted by Crippen LogP contribution is 2.51. The Morgan fingerprint density at radius 3 is 2.64 bits per heavy atom. The number of nitrogens with zero attached hydrogens (tertiary/aromatic N) is 2. The number of morpholine rings is 1. The quantitative estimate of drug-likeness (QED) is 0.656. The fourth-order valence-electron chi connectivity index (χ4n) is 4.40. The third kappa shape index (κ3) is 4.54. The number of nitrogens with two attached hydrogens (primary N) is 1. The average molecular weight is 492 g/mol. The molecule has 2 N–H and O–H groups in total. The Hall–Kier alpha value is -2.73. The molecule has 0 radical (unpaired) electrons. The molecule has 1 atom stereocenters. The molecule has 1 fully saturated rings. The largest absolute Gasteiger partial charge is 0.444 e. The molecule has 8 nitrogen and oxygen atoms in total. The number of hydrogen-bond donors (Lipinski definition) is 1. The highest BCUT2D eigenvalue weighted by molar-refractivity contribution is 6.35. The van der Waals surface area contributed by atoms with E-state index in [-0.39, 0.29) is 44.9 Å². The number of benzene rings is 1. The monoisotopic (exact) mass is 491 g/mol. The van der Waals surface area contributed by atoms with Crippen LogP contribution in [0.15, 0.2) is 34.9 Å². The van der Waals surface area contributed by atoms with Gasteiger partial charge in [0, 0.05) is 42.1 Å². The Balaban J connectivity index is 1.84. The van der Waals surface area contributed by atoms with Crippen LogP contribution in [-0.2, 0) is 14.3 Å². The Kier molecular flexibility index (Phi) is 6.32. The zero-order valence-electron chi connectivity index (χ0n) is 18.2. The van der Waals surface area contributed by atoms with Gasteiger partial charge in [-0.05, 0) is 17.5 Å². The number of halogens is 2. The second-order valence-corrected chi connectivity index (χ2v) is 9.82. The van der Waals surface area contributed by atoms with Gasteiger partial charge in [0.15, 0.2) is 11.5 Å². The maximum absolute atomic E-state index is 13.2. The SMILES string of the molecule is CC1(C)CC(=O)C2=C(C1)OC(N)=C(C#N)C2c1cc(Cl)cc(Cl)c1OC(=O)N1CCOCC1. The van der Waals surface area contributed by atoms with E-state index < -0.39 is 12.0 Å². The molecule has 4 rings (SSSR count). The van der Waals surface area contributed by atoms with Crippen molar-refractivity contribution in [2.45, 2.75) is 32.6 Å². The predicted molar refractivity (Wildman–Crippen MR) is 121 cm³/mol. The Morgan fingerprint density at radius 2 is 1.97 bits per heavy atom. The fourth-order valence-corrected chi connectivity index (χ4v) is 4.94. The number of allylic oxidation sites excluding steroid dienone is 3. The molecule has 2 aliphatic heterocycles. The zero-order chi connectivity index (χ0) is 23.9. The molecule has 174 valence electrons. The lowest BCUT2D eigenvalue weighted by molar-refractivity contribution is -0.119. The van der Waals surface area contributed by atoms with Crippen LogP contribution in [0.2, 0.25) is 10.0 Å². The summed E-state index contributed by atoms with van der Waals surface area (Å²) in [5.74, 6) is -0.777. The van der Waals surface area contributed by atoms with E-state index in [1.165, 1.54) is 17.0 Å². The van der Waals surface area contributed by atoms with Gasteiger partial charge >= 0.3 is 6.09 Å². The molecule has 0 aromatic heterocycles. The highest BCUT2D eigenvalue weighted by Gasteiger charge is 2.44. The van der Waals surface area contributed by atoms with Gasteiger partial charge in [-0.2, -0.15) is 5.26 Å². The lowest BCUT2D eigenvalue weighted by Gasteiger charge is -2.37. The lowest BCUT2D eigenvalue weighted by atomic mass is 9.70. The Bertz CT molecular complexity index is 1130. The molecule has 0 bridgehead atoms. The summed E-state index contributed by atoms with van der Waals surface area (Å²) in [5, 5.41) is 10.2. The molecule has 2 heterocycles. The average Bonchev–Trinajstić information content (AvgIpc) is 2.74. The van der Waals surface area contributed by atoms with Crippen molar-refractivity contribution in [2.75, 3.05) is 26.3 Å². The van der Waals surface area contributed by atoms with E-state index in [1.54, 1.807) is 0 Å². The molecular formula is C23H23Cl2N3O5. The smallest absolute Gasteiger partial charge is 0.415 e. The summed E-state index contributed by atoms with van der Waals surface area (Å²) < 4.78 is 16.7. The maximum atomic E-state index is 13.2. The number of rotatable bonds is 2. The van der Waals surface area contributed by atoms with Gasteiger partial charge in [0.1, 0.15) is 17.4 Å². The van der Waals surface area contributed by atoms with Crippen LogP contribution < -0.4 is 10.5 Å². The van der Waals surface area contributed by atoms with Crippen molar-refractivity contribution in [1.82, 2.24) is 4.90 Å². The van der Waals surface area contributed by atoms with Crippen molar-refractivity contribution in [3.05, 3.63) is 50.5 Å². The number of nitriles is 1. The van der Waals surface area contributed by atoms with Crippen LogP contribution in [0.3, 0.4) is 0 Å². The van der Waals surface area contributed by atoms with Crippen LogP contribution in [-0.4, -0.2) is 43.1 Å². The van der Waals surface area contributed by atoms with Crippen LogP contribution in [0, 0.1) is 16.7 Å². The minimum atomic E-state index is -0.925. The number of carbonyl (C=O) groups is 2. The van der Waals surface area contributed by atoms with Crippen LogP contribution in [0.1, 0.15) is 38.2 Å². The number of Topliss-reactive ketones (excluding diaryl/α,β-unsaturated/α-hetero) is 1. The standard InChI is InChI=1S/C23H23Cl2N3O5/c1-23(2)9-16(29)19-17(10-23)32-21(27)14(11-26)18(19)13-7-12(24)8-15(25)20(13)33-22(30)28-3-5-31-6-4-28/h7-8,18H,3-6,9-10,27H2,1-2H3. The van der Waals surface area contributed by atoms with Gasteiger partial charge in [-0.15, -0.1) is 0 Å². The first-order chi connectivity index (χ1) is 15.6. The summed E-state index contributed by atoms with van der Waals surface area (Å²) in [6, 6.07) is 5.02. The Morgan fingerprint density at radius 1 is 1.27 bits per heavy atom. The van der Waals surface area contributed by atoms with E-state index in [1.807, 2.05) is 19.9 Å². The van der Waals surface area contributed by atoms with Gasteiger partial charge in [-0.3, -0.25) is 4.79 Å². The van der Waals surface area contributed by atoms with E-state index >= 15 is 0 Å². The van der Waals surface area contributed by atoms with Crippen molar-refractivity contribution in [3.8, 4) is 11.8 Å². The van der Waals surface area contributed by atoms with Crippen molar-refractivity contribution < 1.29 is 23.8 Å². The molecule has 3 aliphatic rings. The van der Waals surface area contributed by atoms with Crippen LogP contribution in [0.4, 0.5) is 4.79 Å².